The largest absolute Gasteiger partial charge is 0.507 e. The maximum absolute atomic E-state index is 12.4. The Morgan fingerprint density at radius 1 is 1.42 bits per heavy atom. The van der Waals surface area contributed by atoms with Gasteiger partial charge >= 0.3 is 6.18 Å². The van der Waals surface area contributed by atoms with E-state index >= 15 is 0 Å². The van der Waals surface area contributed by atoms with Crippen molar-refractivity contribution in [3.8, 4) is 5.75 Å². The van der Waals surface area contributed by atoms with Crippen LogP contribution in [0.25, 0.3) is 0 Å². The predicted octanol–water partition coefficient (Wildman–Crippen LogP) is 1.90. The maximum atomic E-state index is 12.4. The van der Waals surface area contributed by atoms with E-state index in [1.165, 1.54) is 13.0 Å². The number of carbonyl (C=O) groups is 2. The first-order valence-electron chi connectivity index (χ1n) is 6.90. The van der Waals surface area contributed by atoms with Crippen molar-refractivity contribution in [2.75, 3.05) is 18.4 Å². The van der Waals surface area contributed by atoms with Gasteiger partial charge in [0.1, 0.15) is 5.75 Å². The first-order chi connectivity index (χ1) is 11.1. The number of hydrogen-bond acceptors (Lipinski definition) is 4. The topological polar surface area (TPSA) is 89.9 Å². The van der Waals surface area contributed by atoms with Crippen molar-refractivity contribution in [1.29, 1.82) is 0 Å². The fourth-order valence-corrected chi connectivity index (χ4v) is 1.82. The predicted molar refractivity (Wildman–Crippen MR) is 80.6 cm³/mol. The third-order valence-corrected chi connectivity index (χ3v) is 3.12. The molecule has 0 fully saturated rings. The van der Waals surface area contributed by atoms with Crippen LogP contribution in [0, 0.1) is 0 Å². The monoisotopic (exact) mass is 346 g/mol. The highest BCUT2D eigenvalue weighted by Crippen LogP contribution is 2.25. The lowest BCUT2D eigenvalue weighted by Gasteiger charge is -2.25. The minimum absolute atomic E-state index is 0.116. The first-order valence-corrected chi connectivity index (χ1v) is 6.90. The number of aliphatic hydroxyl groups excluding tert-OH is 1. The average Bonchev–Trinajstić information content (AvgIpc) is 2.52. The number of benzene rings is 1. The number of rotatable bonds is 6. The Labute approximate surface area is 136 Å². The Balaban J connectivity index is 3.04. The Hall–Kier alpha value is -2.55. The van der Waals surface area contributed by atoms with E-state index in [0.29, 0.717) is 0 Å². The molecule has 0 aromatic heterocycles. The number of nitrogens with zero attached hydrogens (tertiary/aromatic N) is 1. The van der Waals surface area contributed by atoms with Gasteiger partial charge in [-0.1, -0.05) is 6.58 Å². The molecular formula is C15H17F3N2O4. The van der Waals surface area contributed by atoms with Crippen LogP contribution in [0.4, 0.5) is 18.9 Å². The van der Waals surface area contributed by atoms with Gasteiger partial charge in [0.05, 0.1) is 12.1 Å². The molecule has 1 aromatic carbocycles. The van der Waals surface area contributed by atoms with Crippen molar-refractivity contribution in [1.82, 2.24) is 4.90 Å². The van der Waals surface area contributed by atoms with Gasteiger partial charge < -0.3 is 20.4 Å². The summed E-state index contributed by atoms with van der Waals surface area (Å²) in [5, 5.41) is 21.2. The highest BCUT2D eigenvalue weighted by molar-refractivity contribution is 6.01. The van der Waals surface area contributed by atoms with Gasteiger partial charge in [0.15, 0.2) is 6.10 Å². The number of phenolic OH excluding ortho intramolecular Hbond substituents is 1. The molecule has 3 N–H and O–H groups in total. The molecule has 2 amide bonds. The van der Waals surface area contributed by atoms with E-state index < -0.39 is 36.4 Å². The summed E-state index contributed by atoms with van der Waals surface area (Å²) >= 11 is 0. The smallest absolute Gasteiger partial charge is 0.416 e. The standard InChI is InChI=1S/C15H17F3N2O4/c1-3-13(23)19-9-5-6-11(21)10(7-9)14(24)20(4-2)8-12(22)15(16,17)18/h3,5-7,12,21-22H,1,4,8H2,2H3,(H,19,23). The van der Waals surface area contributed by atoms with Crippen LogP contribution in [-0.2, 0) is 4.79 Å². The van der Waals surface area contributed by atoms with Crippen molar-refractivity contribution >= 4 is 17.5 Å². The van der Waals surface area contributed by atoms with Gasteiger partial charge in [-0.15, -0.1) is 0 Å². The molecule has 132 valence electrons. The second-order valence-electron chi connectivity index (χ2n) is 4.83. The van der Waals surface area contributed by atoms with Crippen LogP contribution in [0.1, 0.15) is 17.3 Å². The SMILES string of the molecule is C=CC(=O)Nc1ccc(O)c(C(=O)N(CC)CC(O)C(F)(F)F)c1. The lowest BCUT2D eigenvalue weighted by molar-refractivity contribution is -0.206. The van der Waals surface area contributed by atoms with E-state index in [-0.39, 0.29) is 17.8 Å². The molecule has 0 radical (unpaired) electrons. The molecule has 1 unspecified atom stereocenters. The molecule has 0 spiro atoms. The minimum Gasteiger partial charge on any atom is -0.507 e. The second kappa shape index (κ2) is 7.82. The number of carbonyl (C=O) groups excluding carboxylic acids is 2. The molecule has 0 heterocycles. The van der Waals surface area contributed by atoms with E-state index in [1.807, 2.05) is 0 Å². The number of aliphatic hydroxyl groups is 1. The molecular weight excluding hydrogens is 329 g/mol. The zero-order chi connectivity index (χ0) is 18.5. The van der Waals surface area contributed by atoms with Crippen LogP contribution in [-0.4, -0.2) is 52.3 Å². The zero-order valence-electron chi connectivity index (χ0n) is 12.8. The summed E-state index contributed by atoms with van der Waals surface area (Å²) in [5.41, 5.74) is -0.137. The first kappa shape index (κ1) is 19.5. The summed E-state index contributed by atoms with van der Waals surface area (Å²) in [5.74, 6) is -1.93. The number of likely N-dealkylation sites (N-methyl/N-ethyl adjacent to an activating group) is 1. The van der Waals surface area contributed by atoms with E-state index in [0.717, 1.165) is 23.1 Å². The normalized spacial score (nSPS) is 12.4. The van der Waals surface area contributed by atoms with Crippen LogP contribution in [0.5, 0.6) is 5.75 Å². The van der Waals surface area contributed by atoms with Gasteiger partial charge in [-0.2, -0.15) is 13.2 Å². The van der Waals surface area contributed by atoms with Crippen LogP contribution in [0.3, 0.4) is 0 Å². The molecule has 0 saturated carbocycles. The van der Waals surface area contributed by atoms with Crippen molar-refractivity contribution in [3.05, 3.63) is 36.4 Å². The summed E-state index contributed by atoms with van der Waals surface area (Å²) in [7, 11) is 0. The van der Waals surface area contributed by atoms with Crippen LogP contribution < -0.4 is 5.32 Å². The lowest BCUT2D eigenvalue weighted by atomic mass is 10.1. The molecule has 24 heavy (non-hydrogen) atoms. The van der Waals surface area contributed by atoms with E-state index in [4.69, 9.17) is 5.11 Å². The van der Waals surface area contributed by atoms with Crippen LogP contribution in [0.15, 0.2) is 30.9 Å². The molecule has 0 aliphatic carbocycles. The van der Waals surface area contributed by atoms with Gasteiger partial charge in [0, 0.05) is 12.2 Å². The van der Waals surface area contributed by atoms with Gasteiger partial charge in [-0.25, -0.2) is 0 Å². The second-order valence-corrected chi connectivity index (χ2v) is 4.83. The van der Waals surface area contributed by atoms with Crippen LogP contribution in [0.2, 0.25) is 0 Å². The molecule has 1 rings (SSSR count). The molecule has 6 nitrogen and oxygen atoms in total. The van der Waals surface area contributed by atoms with Crippen molar-refractivity contribution in [2.24, 2.45) is 0 Å². The summed E-state index contributed by atoms with van der Waals surface area (Å²) in [4.78, 5) is 24.3. The molecule has 1 atom stereocenters. The Morgan fingerprint density at radius 3 is 2.54 bits per heavy atom. The number of anilines is 1. The number of alkyl halides is 3. The number of halogens is 3. The number of phenols is 1. The van der Waals surface area contributed by atoms with E-state index in [1.54, 1.807) is 0 Å². The Bertz CT molecular complexity index is 632. The highest BCUT2D eigenvalue weighted by atomic mass is 19.4. The number of aromatic hydroxyl groups is 1. The Morgan fingerprint density at radius 2 is 2.04 bits per heavy atom. The van der Waals surface area contributed by atoms with Crippen molar-refractivity contribution < 1.29 is 33.0 Å². The molecule has 0 aliphatic rings. The lowest BCUT2D eigenvalue weighted by Crippen LogP contribution is -2.43. The highest BCUT2D eigenvalue weighted by Gasteiger charge is 2.40. The number of hydrogen-bond donors (Lipinski definition) is 3. The zero-order valence-corrected chi connectivity index (χ0v) is 12.8. The van der Waals surface area contributed by atoms with Gasteiger partial charge in [0.25, 0.3) is 5.91 Å². The molecule has 0 bridgehead atoms. The maximum Gasteiger partial charge on any atom is 0.416 e. The average molecular weight is 346 g/mol. The summed E-state index contributed by atoms with van der Waals surface area (Å²) in [6.07, 6.45) is -6.57. The quantitative estimate of drug-likeness (QED) is 0.542. The third kappa shape index (κ3) is 4.98. The summed E-state index contributed by atoms with van der Waals surface area (Å²) in [6.45, 7) is 3.60. The number of nitrogens with one attached hydrogen (secondary N) is 1. The van der Waals surface area contributed by atoms with Crippen molar-refractivity contribution in [3.63, 3.8) is 0 Å². The fourth-order valence-electron chi connectivity index (χ4n) is 1.82. The van der Waals surface area contributed by atoms with Crippen molar-refractivity contribution in [2.45, 2.75) is 19.2 Å². The summed E-state index contributed by atoms with van der Waals surface area (Å²) < 4.78 is 37.3. The molecule has 1 aromatic rings. The van der Waals surface area contributed by atoms with Gasteiger partial charge in [-0.05, 0) is 31.2 Å². The molecule has 9 heteroatoms. The fraction of sp³-hybridized carbons (Fsp3) is 0.333. The van der Waals surface area contributed by atoms with E-state index in [9.17, 15) is 27.9 Å². The van der Waals surface area contributed by atoms with Crippen LogP contribution >= 0.6 is 0 Å². The molecule has 0 saturated heterocycles. The van der Waals surface area contributed by atoms with E-state index in [2.05, 4.69) is 11.9 Å². The Kier molecular flexibility index (Phi) is 6.35. The third-order valence-electron chi connectivity index (χ3n) is 3.12. The van der Waals surface area contributed by atoms with Gasteiger partial charge in [-0.3, -0.25) is 9.59 Å². The summed E-state index contributed by atoms with van der Waals surface area (Å²) in [6, 6.07) is 3.57. The molecule has 0 aliphatic heterocycles. The number of amides is 2. The van der Waals surface area contributed by atoms with Gasteiger partial charge in [0.2, 0.25) is 5.91 Å². The minimum atomic E-state index is -4.87.